The lowest BCUT2D eigenvalue weighted by atomic mass is 9.68. The number of carbonyl (C=O) groups is 2. The molecule has 0 aliphatic carbocycles. The Kier molecular flexibility index (Phi) is 8.13. The van der Waals surface area contributed by atoms with Gasteiger partial charge in [-0.15, -0.1) is 0 Å². The molecule has 0 bridgehead atoms. The normalized spacial score (nSPS) is 25.1. The maximum atomic E-state index is 12.0. The van der Waals surface area contributed by atoms with E-state index in [1.807, 2.05) is 12.4 Å². The van der Waals surface area contributed by atoms with Crippen LogP contribution in [-0.4, -0.2) is 81.7 Å². The molecule has 1 aromatic heterocycles. The Morgan fingerprint density at radius 3 is 2.64 bits per heavy atom. The van der Waals surface area contributed by atoms with Crippen LogP contribution >= 0.6 is 0 Å². The van der Waals surface area contributed by atoms with Gasteiger partial charge in [-0.05, 0) is 45.8 Å². The Morgan fingerprint density at radius 2 is 2.04 bits per heavy atom. The van der Waals surface area contributed by atoms with Crippen LogP contribution in [0.5, 0.6) is 0 Å². The summed E-state index contributed by atoms with van der Waals surface area (Å²) in [6, 6.07) is 0.0823. The van der Waals surface area contributed by atoms with Gasteiger partial charge in [-0.3, -0.25) is 14.5 Å². The summed E-state index contributed by atoms with van der Waals surface area (Å²) in [4.78, 5) is 33.6. The lowest BCUT2D eigenvalue weighted by Crippen LogP contribution is -2.62. The summed E-state index contributed by atoms with van der Waals surface area (Å²) in [6.07, 6.45) is 7.27. The lowest BCUT2D eigenvalue weighted by Gasteiger charge is -2.51. The van der Waals surface area contributed by atoms with Crippen LogP contribution in [0, 0.1) is 5.41 Å². The largest absolute Gasteiger partial charge is 0.483 e. The summed E-state index contributed by atoms with van der Waals surface area (Å²) in [5.74, 6) is 0.0412. The minimum Gasteiger partial charge on any atom is -0.483 e. The number of hydrogen-bond acceptors (Lipinski definition) is 7. The Hall–Kier alpha value is -2.26. The number of anilines is 1. The molecule has 2 saturated heterocycles. The Morgan fingerprint density at radius 1 is 1.36 bits per heavy atom. The van der Waals surface area contributed by atoms with E-state index in [-0.39, 0.29) is 12.5 Å². The number of hydrogen-bond donors (Lipinski definition) is 3. The zero-order valence-electron chi connectivity index (χ0n) is 16.7. The van der Waals surface area contributed by atoms with Gasteiger partial charge >= 0.3 is 5.97 Å². The first-order chi connectivity index (χ1) is 13.5. The van der Waals surface area contributed by atoms with E-state index in [2.05, 4.69) is 39.1 Å². The lowest BCUT2D eigenvalue weighted by molar-refractivity contribution is -0.162. The van der Waals surface area contributed by atoms with Gasteiger partial charge < -0.3 is 20.4 Å². The van der Waals surface area contributed by atoms with E-state index < -0.39 is 11.4 Å². The number of nitrogens with one attached hydrogen (secondary N) is 1. The van der Waals surface area contributed by atoms with E-state index in [0.29, 0.717) is 12.4 Å². The first-order valence-electron chi connectivity index (χ1n) is 9.75. The summed E-state index contributed by atoms with van der Waals surface area (Å²) in [7, 11) is 2.06. The molecule has 3 rings (SSSR count). The molecule has 156 valence electrons. The molecule has 9 heteroatoms. The van der Waals surface area contributed by atoms with Gasteiger partial charge in [0.25, 0.3) is 6.47 Å². The predicted octanol–water partition coefficient (Wildman–Crippen LogP) is 1.37. The van der Waals surface area contributed by atoms with Crippen molar-refractivity contribution < 1.29 is 19.8 Å². The molecule has 0 spiro atoms. The van der Waals surface area contributed by atoms with Crippen molar-refractivity contribution in [2.45, 2.75) is 45.2 Å². The van der Waals surface area contributed by atoms with E-state index in [0.717, 1.165) is 57.5 Å². The van der Waals surface area contributed by atoms with Gasteiger partial charge in [0.15, 0.2) is 0 Å². The fourth-order valence-corrected chi connectivity index (χ4v) is 4.21. The molecule has 2 fully saturated rings. The Labute approximate surface area is 165 Å². The highest BCUT2D eigenvalue weighted by Crippen LogP contribution is 2.42. The van der Waals surface area contributed by atoms with Crippen LogP contribution in [0.1, 0.15) is 38.2 Å². The van der Waals surface area contributed by atoms with Crippen LogP contribution in [0.4, 0.5) is 5.95 Å². The van der Waals surface area contributed by atoms with Gasteiger partial charge in [-0.2, -0.15) is 0 Å². The molecule has 0 radical (unpaired) electrons. The summed E-state index contributed by atoms with van der Waals surface area (Å²) in [5.41, 5.74) is 0.497. The van der Waals surface area contributed by atoms with Crippen LogP contribution in [0.3, 0.4) is 0 Å². The number of likely N-dealkylation sites (tertiary alicyclic amines) is 2. The molecular weight excluding hydrogens is 362 g/mol. The summed E-state index contributed by atoms with van der Waals surface area (Å²) in [5, 5.41) is 19.9. The number of carboxylic acid groups (broad SMARTS) is 2. The standard InChI is InChI=1S/C18H29N5O2.CH2O2/c1-3-7-19-17-20-10-14(11-21-17)12-23-9-6-18(16(24)25)5-4-8-22(2)15(18)13-23;2-1-3/h10-11,15H,3-9,12-13H2,1-2H3,(H,24,25)(H,19,20,21);1H,(H,2,3)/t15-,18+;/m1./s1. The van der Waals surface area contributed by atoms with E-state index in [9.17, 15) is 9.90 Å². The van der Waals surface area contributed by atoms with Gasteiger partial charge in [-0.1, -0.05) is 6.92 Å². The topological polar surface area (TPSA) is 119 Å². The van der Waals surface area contributed by atoms with Crippen LogP contribution in [0.15, 0.2) is 12.4 Å². The van der Waals surface area contributed by atoms with E-state index in [1.54, 1.807) is 0 Å². The van der Waals surface area contributed by atoms with Crippen LogP contribution in [-0.2, 0) is 16.1 Å². The minimum atomic E-state index is -0.626. The minimum absolute atomic E-state index is 0.0823. The van der Waals surface area contributed by atoms with Crippen molar-refractivity contribution in [3.63, 3.8) is 0 Å². The third-order valence-corrected chi connectivity index (χ3v) is 5.68. The van der Waals surface area contributed by atoms with E-state index >= 15 is 0 Å². The van der Waals surface area contributed by atoms with Crippen molar-refractivity contribution >= 4 is 18.4 Å². The van der Waals surface area contributed by atoms with Gasteiger partial charge in [0, 0.05) is 43.6 Å². The second-order valence-corrected chi connectivity index (χ2v) is 7.49. The first kappa shape index (κ1) is 22.0. The van der Waals surface area contributed by atoms with Gasteiger partial charge in [0.05, 0.1) is 5.41 Å². The Bertz CT molecular complexity index is 642. The van der Waals surface area contributed by atoms with E-state index in [4.69, 9.17) is 9.90 Å². The number of carboxylic acids is 1. The highest BCUT2D eigenvalue weighted by atomic mass is 16.4. The summed E-state index contributed by atoms with van der Waals surface area (Å²) < 4.78 is 0. The number of aromatic nitrogens is 2. The van der Waals surface area contributed by atoms with Gasteiger partial charge in [0.1, 0.15) is 0 Å². The molecule has 3 N–H and O–H groups in total. The molecule has 0 aromatic carbocycles. The second kappa shape index (κ2) is 10.3. The van der Waals surface area contributed by atoms with Crippen molar-refractivity contribution in [3.05, 3.63) is 18.0 Å². The molecule has 2 aliphatic heterocycles. The van der Waals surface area contributed by atoms with Crippen LogP contribution < -0.4 is 5.32 Å². The maximum absolute atomic E-state index is 12.0. The molecule has 0 amide bonds. The zero-order chi connectivity index (χ0) is 20.6. The molecular formula is C19H31N5O4. The van der Waals surface area contributed by atoms with Crippen LogP contribution in [0.25, 0.3) is 0 Å². The smallest absolute Gasteiger partial charge is 0.311 e. The molecule has 0 saturated carbocycles. The van der Waals surface area contributed by atoms with Crippen molar-refractivity contribution in [2.24, 2.45) is 5.41 Å². The quantitative estimate of drug-likeness (QED) is 0.616. The molecule has 28 heavy (non-hydrogen) atoms. The van der Waals surface area contributed by atoms with Gasteiger partial charge in [-0.25, -0.2) is 9.97 Å². The summed E-state index contributed by atoms with van der Waals surface area (Å²) in [6.45, 7) is 6.08. The van der Waals surface area contributed by atoms with Crippen molar-refractivity contribution in [2.75, 3.05) is 38.5 Å². The number of fused-ring (bicyclic) bond motifs is 1. The highest BCUT2D eigenvalue weighted by Gasteiger charge is 2.52. The molecule has 9 nitrogen and oxygen atoms in total. The van der Waals surface area contributed by atoms with Crippen molar-refractivity contribution in [1.82, 2.24) is 19.8 Å². The maximum Gasteiger partial charge on any atom is 0.311 e. The highest BCUT2D eigenvalue weighted by molar-refractivity contribution is 5.76. The van der Waals surface area contributed by atoms with Crippen LogP contribution in [0.2, 0.25) is 0 Å². The number of aliphatic carboxylic acids is 1. The number of nitrogens with zero attached hydrogens (tertiary/aromatic N) is 4. The molecule has 2 aliphatic rings. The number of likely N-dealkylation sites (N-methyl/N-ethyl adjacent to an activating group) is 1. The molecule has 0 unspecified atom stereocenters. The third kappa shape index (κ3) is 5.17. The Balaban J connectivity index is 0.000000878. The first-order valence-corrected chi connectivity index (χ1v) is 9.75. The fraction of sp³-hybridized carbons (Fsp3) is 0.684. The monoisotopic (exact) mass is 393 g/mol. The second-order valence-electron chi connectivity index (χ2n) is 7.49. The SMILES string of the molecule is CCCNc1ncc(CN2CC[C@@]3(C(=O)O)CCCN(C)[C@@H]3C2)cn1.O=CO. The predicted molar refractivity (Wildman–Crippen MR) is 105 cm³/mol. The average molecular weight is 393 g/mol. The molecule has 3 heterocycles. The molecule has 2 atom stereocenters. The van der Waals surface area contributed by atoms with E-state index in [1.165, 1.54) is 0 Å². The number of piperidine rings is 2. The molecule has 1 aromatic rings. The van der Waals surface area contributed by atoms with Crippen molar-refractivity contribution in [1.29, 1.82) is 0 Å². The third-order valence-electron chi connectivity index (χ3n) is 5.68. The summed E-state index contributed by atoms with van der Waals surface area (Å²) >= 11 is 0. The van der Waals surface area contributed by atoms with Gasteiger partial charge in [0.2, 0.25) is 5.95 Å². The average Bonchev–Trinajstić information content (AvgIpc) is 2.68. The van der Waals surface area contributed by atoms with Crippen molar-refractivity contribution in [3.8, 4) is 0 Å². The number of rotatable bonds is 6. The zero-order valence-corrected chi connectivity index (χ0v) is 16.7. The fourth-order valence-electron chi connectivity index (χ4n) is 4.21.